The molecule has 2 fully saturated rings. The molecule has 2 amide bonds. The first-order valence-corrected chi connectivity index (χ1v) is 13.3. The molecule has 0 radical (unpaired) electrons. The lowest BCUT2D eigenvalue weighted by Crippen LogP contribution is -2.56. The van der Waals surface area contributed by atoms with Crippen LogP contribution in [0.5, 0.6) is 5.75 Å². The Morgan fingerprint density at radius 1 is 1.03 bits per heavy atom. The molecular formula is C27H31N5O3S. The van der Waals surface area contributed by atoms with Crippen molar-refractivity contribution >= 4 is 23.6 Å². The number of aryl methyl sites for hydroxylation is 1. The highest BCUT2D eigenvalue weighted by molar-refractivity contribution is 7.99. The van der Waals surface area contributed by atoms with Gasteiger partial charge in [0.15, 0.2) is 11.0 Å². The van der Waals surface area contributed by atoms with E-state index in [0.29, 0.717) is 24.8 Å². The summed E-state index contributed by atoms with van der Waals surface area (Å²) in [6, 6.07) is 15.9. The minimum atomic E-state index is 0.0388. The molecule has 2 aliphatic rings. The van der Waals surface area contributed by atoms with E-state index in [1.807, 2.05) is 76.7 Å². The second-order valence-electron chi connectivity index (χ2n) is 9.49. The number of benzene rings is 2. The molecule has 0 spiro atoms. The van der Waals surface area contributed by atoms with Crippen LogP contribution in [0.4, 0.5) is 0 Å². The standard InChI is InChI=1S/C27H31N5O3S/c1-18-4-6-20(7-5-18)25-28-29-27(32(25)22-10-12-23(35-3)13-11-22)36-17-24(33)30-14-15-31(19(2)16-30)26(34)21-8-9-21/h4-7,10-13,19,21H,8-9,14-17H2,1-3H3. The number of amides is 2. The number of aromatic nitrogens is 3. The van der Waals surface area contributed by atoms with Crippen molar-refractivity contribution in [2.24, 2.45) is 5.92 Å². The van der Waals surface area contributed by atoms with Gasteiger partial charge >= 0.3 is 0 Å². The molecular weight excluding hydrogens is 474 g/mol. The van der Waals surface area contributed by atoms with Gasteiger partial charge in [-0.2, -0.15) is 0 Å². The van der Waals surface area contributed by atoms with E-state index >= 15 is 0 Å². The van der Waals surface area contributed by atoms with Crippen molar-refractivity contribution in [3.8, 4) is 22.8 Å². The van der Waals surface area contributed by atoms with Gasteiger partial charge in [-0.25, -0.2) is 0 Å². The Kier molecular flexibility index (Phi) is 7.00. The summed E-state index contributed by atoms with van der Waals surface area (Å²) < 4.78 is 7.30. The van der Waals surface area contributed by atoms with Gasteiger partial charge < -0.3 is 14.5 Å². The topological polar surface area (TPSA) is 80.6 Å². The molecule has 3 aromatic rings. The van der Waals surface area contributed by atoms with Crippen LogP contribution in [0.1, 0.15) is 25.3 Å². The first-order chi connectivity index (χ1) is 17.4. The summed E-state index contributed by atoms with van der Waals surface area (Å²) in [7, 11) is 1.64. The minimum absolute atomic E-state index is 0.0388. The van der Waals surface area contributed by atoms with Crippen LogP contribution in [-0.2, 0) is 9.59 Å². The summed E-state index contributed by atoms with van der Waals surface area (Å²) >= 11 is 1.38. The lowest BCUT2D eigenvalue weighted by molar-refractivity contribution is -0.142. The van der Waals surface area contributed by atoms with Crippen LogP contribution in [0.15, 0.2) is 53.7 Å². The number of carbonyl (C=O) groups is 2. The van der Waals surface area contributed by atoms with E-state index in [9.17, 15) is 9.59 Å². The molecule has 8 nitrogen and oxygen atoms in total. The molecule has 1 saturated carbocycles. The summed E-state index contributed by atoms with van der Waals surface area (Å²) in [6.07, 6.45) is 2.00. The first-order valence-electron chi connectivity index (χ1n) is 12.3. The zero-order valence-corrected chi connectivity index (χ0v) is 21.7. The van der Waals surface area contributed by atoms with Gasteiger partial charge in [0, 0.05) is 42.8 Å². The number of nitrogens with zero attached hydrogens (tertiary/aromatic N) is 5. The van der Waals surface area contributed by atoms with Crippen LogP contribution >= 0.6 is 11.8 Å². The first kappa shape index (κ1) is 24.4. The van der Waals surface area contributed by atoms with Crippen LogP contribution in [-0.4, -0.2) is 74.9 Å². The summed E-state index contributed by atoms with van der Waals surface area (Å²) in [5.41, 5.74) is 3.02. The molecule has 1 aromatic heterocycles. The van der Waals surface area contributed by atoms with E-state index in [0.717, 1.165) is 35.7 Å². The highest BCUT2D eigenvalue weighted by Gasteiger charge is 2.38. The second kappa shape index (κ2) is 10.3. The van der Waals surface area contributed by atoms with Crippen LogP contribution in [0.3, 0.4) is 0 Å². The molecule has 36 heavy (non-hydrogen) atoms. The summed E-state index contributed by atoms with van der Waals surface area (Å²) in [4.78, 5) is 29.4. The molecule has 1 aliphatic heterocycles. The monoisotopic (exact) mass is 505 g/mol. The Morgan fingerprint density at radius 3 is 2.39 bits per heavy atom. The summed E-state index contributed by atoms with van der Waals surface area (Å²) in [6.45, 7) is 5.82. The molecule has 188 valence electrons. The SMILES string of the molecule is COc1ccc(-n2c(SCC(=O)N3CCN(C(=O)C4CC4)C(C)C3)nnc2-c2ccc(C)cc2)cc1. The van der Waals surface area contributed by atoms with Crippen molar-refractivity contribution in [2.45, 2.75) is 37.9 Å². The fourth-order valence-corrected chi connectivity index (χ4v) is 5.37. The number of thioether (sulfide) groups is 1. The van der Waals surface area contributed by atoms with Crippen molar-refractivity contribution in [3.63, 3.8) is 0 Å². The Balaban J connectivity index is 1.32. The third kappa shape index (κ3) is 5.11. The van der Waals surface area contributed by atoms with Gasteiger partial charge in [-0.3, -0.25) is 14.2 Å². The third-order valence-corrected chi connectivity index (χ3v) is 7.70. The second-order valence-corrected chi connectivity index (χ2v) is 10.4. The molecule has 1 unspecified atom stereocenters. The van der Waals surface area contributed by atoms with Crippen molar-refractivity contribution in [2.75, 3.05) is 32.5 Å². The zero-order chi connectivity index (χ0) is 25.2. The van der Waals surface area contributed by atoms with E-state index in [-0.39, 0.29) is 29.5 Å². The van der Waals surface area contributed by atoms with Crippen LogP contribution in [0.25, 0.3) is 17.1 Å². The average molecular weight is 506 g/mol. The molecule has 0 N–H and O–H groups in total. The quantitative estimate of drug-likeness (QED) is 0.454. The zero-order valence-electron chi connectivity index (χ0n) is 20.9. The largest absolute Gasteiger partial charge is 0.497 e. The number of hydrogen-bond donors (Lipinski definition) is 0. The van der Waals surface area contributed by atoms with Crippen LogP contribution in [0.2, 0.25) is 0 Å². The number of methoxy groups -OCH3 is 1. The van der Waals surface area contributed by atoms with Crippen LogP contribution < -0.4 is 4.74 Å². The molecule has 1 aliphatic carbocycles. The minimum Gasteiger partial charge on any atom is -0.497 e. The average Bonchev–Trinajstić information content (AvgIpc) is 3.67. The Bertz CT molecular complexity index is 1240. The fourth-order valence-electron chi connectivity index (χ4n) is 4.51. The number of piperazine rings is 1. The predicted molar refractivity (Wildman–Crippen MR) is 139 cm³/mol. The molecule has 5 rings (SSSR count). The number of ether oxygens (including phenoxy) is 1. The lowest BCUT2D eigenvalue weighted by Gasteiger charge is -2.40. The van der Waals surface area contributed by atoms with Gasteiger partial charge in [0.2, 0.25) is 11.8 Å². The molecule has 0 bridgehead atoms. The van der Waals surface area contributed by atoms with E-state index in [2.05, 4.69) is 10.2 Å². The number of rotatable bonds is 7. The Hall–Kier alpha value is -3.33. The maximum absolute atomic E-state index is 13.1. The maximum atomic E-state index is 13.1. The fraction of sp³-hybridized carbons (Fsp3) is 0.407. The van der Waals surface area contributed by atoms with Crippen molar-refractivity contribution in [3.05, 3.63) is 54.1 Å². The van der Waals surface area contributed by atoms with Gasteiger partial charge in [0.1, 0.15) is 5.75 Å². The predicted octanol–water partition coefficient (Wildman–Crippen LogP) is 3.81. The highest BCUT2D eigenvalue weighted by Crippen LogP contribution is 2.33. The smallest absolute Gasteiger partial charge is 0.233 e. The molecule has 9 heteroatoms. The van der Waals surface area contributed by atoms with Crippen molar-refractivity contribution in [1.82, 2.24) is 24.6 Å². The molecule has 1 saturated heterocycles. The maximum Gasteiger partial charge on any atom is 0.233 e. The Morgan fingerprint density at radius 2 is 1.75 bits per heavy atom. The van der Waals surface area contributed by atoms with Gasteiger partial charge in [-0.1, -0.05) is 41.6 Å². The van der Waals surface area contributed by atoms with Gasteiger partial charge in [0.05, 0.1) is 12.9 Å². The summed E-state index contributed by atoms with van der Waals surface area (Å²) in [5.74, 6) is 2.24. The van der Waals surface area contributed by atoms with E-state index < -0.39 is 0 Å². The van der Waals surface area contributed by atoms with Gasteiger partial charge in [0.25, 0.3) is 0 Å². The highest BCUT2D eigenvalue weighted by atomic mass is 32.2. The third-order valence-electron chi connectivity index (χ3n) is 6.79. The lowest BCUT2D eigenvalue weighted by atomic mass is 10.1. The van der Waals surface area contributed by atoms with E-state index in [4.69, 9.17) is 4.74 Å². The van der Waals surface area contributed by atoms with E-state index in [1.54, 1.807) is 7.11 Å². The normalized spacial score (nSPS) is 17.8. The van der Waals surface area contributed by atoms with Crippen molar-refractivity contribution in [1.29, 1.82) is 0 Å². The van der Waals surface area contributed by atoms with Crippen LogP contribution in [0, 0.1) is 12.8 Å². The Labute approximate surface area is 215 Å². The van der Waals surface area contributed by atoms with Gasteiger partial charge in [-0.05, 0) is 51.0 Å². The molecule has 2 aromatic carbocycles. The molecule has 1 atom stereocenters. The van der Waals surface area contributed by atoms with Gasteiger partial charge in [-0.15, -0.1) is 10.2 Å². The van der Waals surface area contributed by atoms with Crippen molar-refractivity contribution < 1.29 is 14.3 Å². The summed E-state index contributed by atoms with van der Waals surface area (Å²) in [5, 5.41) is 9.58. The van der Waals surface area contributed by atoms with E-state index in [1.165, 1.54) is 17.3 Å². The number of carbonyl (C=O) groups excluding carboxylic acids is 2. The number of hydrogen-bond acceptors (Lipinski definition) is 6. The molecule has 2 heterocycles.